The van der Waals surface area contributed by atoms with E-state index in [1.165, 1.54) is 12.5 Å². The molecule has 30 nitrogen and oxygen atoms in total. The second-order valence-electron chi connectivity index (χ2n) is 37.4. The van der Waals surface area contributed by atoms with Gasteiger partial charge < -0.3 is 60.4 Å². The van der Waals surface area contributed by atoms with Crippen LogP contribution in [-0.2, 0) is 68.1 Å². The van der Waals surface area contributed by atoms with Crippen molar-refractivity contribution in [2.45, 2.75) is 146 Å². The minimum Gasteiger partial charge on any atom is -0.480 e. The second-order valence-corrected chi connectivity index (χ2v) is 39.7. The van der Waals surface area contributed by atoms with Crippen molar-refractivity contribution in [3.05, 3.63) is 261 Å². The maximum absolute atomic E-state index is 13.6. The molecule has 12 aromatic rings. The topological polar surface area (TPSA) is 363 Å². The number of nitrogens with zero attached hydrogens (tertiary/aromatic N) is 14. The van der Waals surface area contributed by atoms with Gasteiger partial charge in [-0.05, 0) is 163 Å². The fourth-order valence-corrected chi connectivity index (χ4v) is 19.8. The van der Waals surface area contributed by atoms with E-state index in [0.29, 0.717) is 225 Å². The number of likely N-dealkylation sites (tertiary alicyclic amines) is 3. The summed E-state index contributed by atoms with van der Waals surface area (Å²) < 4.78 is 22.3. The molecule has 3 fully saturated rings. The Labute approximate surface area is 855 Å². The molecule has 6 aromatic heterocycles. The molecule has 1 atom stereocenters. The highest BCUT2D eigenvalue weighted by molar-refractivity contribution is 6.41. The fourth-order valence-electron chi connectivity index (χ4n) is 18.0. The average Bonchev–Trinajstić information content (AvgIpc) is 0.784. The first-order valence-electron chi connectivity index (χ1n) is 46.9. The number of anilines is 3. The molecule has 742 valence electrons. The van der Waals surface area contributed by atoms with Crippen molar-refractivity contribution in [3.63, 3.8) is 0 Å². The average molecular weight is 2040 g/mol. The zero-order chi connectivity index (χ0) is 101. The van der Waals surface area contributed by atoms with E-state index in [0.717, 1.165) is 103 Å². The summed E-state index contributed by atoms with van der Waals surface area (Å²) in [4.78, 5) is 115. The lowest BCUT2D eigenvalue weighted by molar-refractivity contribution is -0.119. The number of Topliss-reactive ketones (excluding diaryl/α,β-unsaturated/α-hetero) is 1. The molecule has 12 heterocycles. The molecule has 6 aromatic carbocycles. The van der Waals surface area contributed by atoms with Crippen LogP contribution >= 0.6 is 69.6 Å². The van der Waals surface area contributed by atoms with E-state index < -0.39 is 17.6 Å². The molecule has 36 heteroatoms. The van der Waals surface area contributed by atoms with Crippen LogP contribution in [0, 0.1) is 32.6 Å². The molecule has 0 aliphatic carbocycles. The number of aryl methyl sites for hydroxylation is 3. The molecule has 0 radical (unpaired) electrons. The first-order valence-corrected chi connectivity index (χ1v) is 49.2. The van der Waals surface area contributed by atoms with E-state index in [-0.39, 0.29) is 55.2 Å². The van der Waals surface area contributed by atoms with Crippen molar-refractivity contribution in [3.8, 4) is 84.8 Å². The summed E-state index contributed by atoms with van der Waals surface area (Å²) >= 11 is 41.7. The van der Waals surface area contributed by atoms with Gasteiger partial charge in [-0.3, -0.25) is 53.7 Å². The number of pyridine rings is 3. The normalized spacial score (nSPS) is 15.1. The van der Waals surface area contributed by atoms with Crippen LogP contribution in [0.3, 0.4) is 0 Å². The number of aliphatic hydroxyl groups excluding tert-OH is 3. The van der Waals surface area contributed by atoms with Crippen LogP contribution in [0.1, 0.15) is 147 Å². The third kappa shape index (κ3) is 24.5. The van der Waals surface area contributed by atoms with E-state index >= 15 is 0 Å². The first kappa shape index (κ1) is 105. The number of benzene rings is 6. The van der Waals surface area contributed by atoms with Crippen LogP contribution in [0.5, 0.6) is 17.6 Å². The van der Waals surface area contributed by atoms with Crippen molar-refractivity contribution in [1.29, 1.82) is 0 Å². The number of β-amino-alcohol motifs (C(OH)–C–C–N with tert-alkyl or cyclic N) is 1. The van der Waals surface area contributed by atoms with Gasteiger partial charge in [0, 0.05) is 141 Å². The van der Waals surface area contributed by atoms with Gasteiger partial charge in [-0.25, -0.2) is 34.7 Å². The Balaban J connectivity index is 0.000000157. The SMILES string of the molecule is CC(=O)CO.COc1nc(-c2cccc(-c3cccc(NC(=O)c4cc(C)c5c(n4)CN(C(=O)OC(C)(C)C)CC5)c3Cl)c2Cl)cnc1CN1CC(C)C1.COc1nc(-c2cccc(-c3cccc(NC(=O)c4cc(C)c5c(n4)CN(C(C)CO)CC5)c3Cl)c2Cl)cnc1CN1CC(O)C1.COc1nc(-c2cccc(-c3cccc(NC(=O)c4cc(C)c5c(n4)CNCC5)c3Cl)c2Cl)cnc1CN1CC(C)C1. The number of ether oxygens (including phenoxy) is 4. The van der Waals surface area contributed by atoms with Gasteiger partial charge in [0.25, 0.3) is 17.7 Å². The first-order chi connectivity index (χ1) is 68.1. The van der Waals surface area contributed by atoms with Gasteiger partial charge in [-0.1, -0.05) is 174 Å². The number of fused-ring (bicyclic) bond motifs is 3. The summed E-state index contributed by atoms with van der Waals surface area (Å²) in [7, 11) is 4.74. The number of rotatable bonds is 24. The van der Waals surface area contributed by atoms with Crippen molar-refractivity contribution < 1.29 is 58.2 Å². The van der Waals surface area contributed by atoms with Gasteiger partial charge in [0.1, 0.15) is 46.4 Å². The monoisotopic (exact) mass is 2040 g/mol. The number of halogens is 6. The second kappa shape index (κ2) is 46.3. The predicted octanol–water partition coefficient (Wildman–Crippen LogP) is 18.6. The molecule has 7 N–H and O–H groups in total. The number of nitrogens with one attached hydrogen (secondary N) is 4. The lowest BCUT2D eigenvalue weighted by atomic mass is 9.98. The number of aromatic nitrogens is 9. The lowest BCUT2D eigenvalue weighted by Crippen LogP contribution is -2.50. The highest BCUT2D eigenvalue weighted by atomic mass is 35.5. The van der Waals surface area contributed by atoms with E-state index in [1.807, 2.05) is 146 Å². The van der Waals surface area contributed by atoms with Gasteiger partial charge in [0.2, 0.25) is 17.6 Å². The highest BCUT2D eigenvalue weighted by Crippen LogP contribution is 2.47. The Kier molecular flexibility index (Phi) is 34.0. The number of ketones is 1. The Morgan fingerprint density at radius 1 is 0.465 bits per heavy atom. The maximum atomic E-state index is 13.6. The van der Waals surface area contributed by atoms with Crippen molar-refractivity contribution in [2.24, 2.45) is 11.8 Å². The van der Waals surface area contributed by atoms with Crippen molar-refractivity contribution in [1.82, 2.24) is 74.7 Å². The summed E-state index contributed by atoms with van der Waals surface area (Å²) in [6.45, 7) is 29.9. The molecule has 6 aliphatic heterocycles. The van der Waals surface area contributed by atoms with Crippen molar-refractivity contribution >= 4 is 116 Å². The van der Waals surface area contributed by atoms with E-state index in [1.54, 1.807) is 75.2 Å². The maximum Gasteiger partial charge on any atom is 0.410 e. The molecular weight excluding hydrogens is 1930 g/mol. The van der Waals surface area contributed by atoms with Gasteiger partial charge in [-0.2, -0.15) is 0 Å². The lowest BCUT2D eigenvalue weighted by Gasteiger charge is -2.36. The molecule has 0 saturated carbocycles. The molecule has 142 heavy (non-hydrogen) atoms. The number of carbonyl (C=O) groups is 5. The Morgan fingerprint density at radius 3 is 1.14 bits per heavy atom. The molecule has 0 bridgehead atoms. The molecule has 18 rings (SSSR count). The summed E-state index contributed by atoms with van der Waals surface area (Å²) in [5.74, 6) is 1.42. The van der Waals surface area contributed by atoms with Gasteiger partial charge >= 0.3 is 6.09 Å². The number of amides is 4. The fraction of sp³-hybridized carbons (Fsp3) is 0.358. The summed E-state index contributed by atoms with van der Waals surface area (Å²) in [5, 5.41) is 41.5. The minimum atomic E-state index is -0.610. The zero-order valence-corrected chi connectivity index (χ0v) is 85.9. The van der Waals surface area contributed by atoms with E-state index in [4.69, 9.17) is 109 Å². The van der Waals surface area contributed by atoms with Crippen LogP contribution in [0.25, 0.3) is 67.2 Å². The van der Waals surface area contributed by atoms with Gasteiger partial charge in [-0.15, -0.1) is 0 Å². The minimum absolute atomic E-state index is 0.0130. The van der Waals surface area contributed by atoms with Gasteiger partial charge in [0.15, 0.2) is 5.78 Å². The summed E-state index contributed by atoms with van der Waals surface area (Å²) in [6, 6.07) is 38.6. The van der Waals surface area contributed by atoms with Crippen LogP contribution < -0.4 is 35.5 Å². The smallest absolute Gasteiger partial charge is 0.410 e. The number of aliphatic hydroxyl groups is 3. The Bertz CT molecular complexity index is 6760. The third-order valence-electron chi connectivity index (χ3n) is 25.4. The molecule has 1 unspecified atom stereocenters. The summed E-state index contributed by atoms with van der Waals surface area (Å²) in [5.41, 5.74) is 20.5. The molecule has 6 aliphatic rings. The predicted molar refractivity (Wildman–Crippen MR) is 554 cm³/mol. The van der Waals surface area contributed by atoms with Gasteiger partial charge in [0.05, 0.1) is 141 Å². The highest BCUT2D eigenvalue weighted by Gasteiger charge is 2.34. The largest absolute Gasteiger partial charge is 0.480 e. The molecular formula is C106H114Cl6N18O12. The number of hydrogen-bond donors (Lipinski definition) is 7. The zero-order valence-electron chi connectivity index (χ0n) is 81.4. The third-order valence-corrected chi connectivity index (χ3v) is 27.8. The van der Waals surface area contributed by atoms with Crippen LogP contribution in [0.4, 0.5) is 21.9 Å². The van der Waals surface area contributed by atoms with Crippen LogP contribution in [-0.4, -0.2) is 225 Å². The molecule has 0 spiro atoms. The van der Waals surface area contributed by atoms with Crippen molar-refractivity contribution in [2.75, 3.05) is 109 Å². The number of carbonyl (C=O) groups excluding carboxylic acids is 5. The number of hydrogen-bond acceptors (Lipinski definition) is 26. The quantitative estimate of drug-likeness (QED) is 0.0295. The van der Waals surface area contributed by atoms with Crippen LogP contribution in [0.2, 0.25) is 30.1 Å². The van der Waals surface area contributed by atoms with E-state index in [9.17, 15) is 34.2 Å². The van der Waals surface area contributed by atoms with E-state index in [2.05, 4.69) is 84.6 Å². The Hall–Kier alpha value is -11.8. The molecule has 4 amide bonds. The van der Waals surface area contributed by atoms with Crippen LogP contribution in [0.15, 0.2) is 146 Å². The standard InChI is InChI=1S/C37H40Cl2N6O4.C34H36Cl2N6O4.C32H32Cl2N6O2.C3H6O2/c1-21-17-44(18-21)19-31-35(48-6)43-29(16-40-31)26-11-7-9-24(32(26)38)25-10-8-12-27(33(25)39)42-34(46)28-15-22(2)23-13-14-45(20-30(23)41-28)36(47)49-37(3,4)5;1-19-12-27(38-29-17-42(20(2)18-43)11-10-22(19)29)33(45)39-26-9-5-7-24(32(26)36)23-6-4-8-25(31(23)35)28-13-37-30(34(40-28)46-3)16-41-14-21(44)15-41;1-18-15-40(16-18)17-28-32(42-3)39-27(14-36-28)23-8-4-6-21(29(23)33)22-7-5-9-24(30(22)34)38-31(41)25-12-19(2)20-10-11-35-13-26(20)37-25;1-3(5)2-4/h7-12,15-16,21H,13-14,17-20H2,1-6H3,(H,42,46);4-9,12-13,20-21,43-44H,10-11,14-18H2,1-3H3,(H,39,45);4-9,12,14,18,35H,10-11,13,15-17H2,1-3H3,(H,38,41);4H,2H2,1H3. The molecule has 3 saturated heterocycles. The Morgan fingerprint density at radius 2 is 0.796 bits per heavy atom. The summed E-state index contributed by atoms with van der Waals surface area (Å²) in [6.07, 6.45) is 6.75. The number of methoxy groups -OCH3 is 3.